The highest BCUT2D eigenvalue weighted by atomic mass is 32.1. The van der Waals surface area contributed by atoms with Crippen LogP contribution in [0.1, 0.15) is 30.7 Å². The van der Waals surface area contributed by atoms with E-state index < -0.39 is 0 Å². The number of rotatable bonds is 5. The molecule has 0 saturated carbocycles. The molecular formula is C14H23N3OS. The van der Waals surface area contributed by atoms with Gasteiger partial charge in [0.15, 0.2) is 0 Å². The Morgan fingerprint density at radius 3 is 2.95 bits per heavy atom. The van der Waals surface area contributed by atoms with E-state index in [9.17, 15) is 4.79 Å². The predicted octanol–water partition coefficient (Wildman–Crippen LogP) is 1.61. The Morgan fingerprint density at radius 1 is 1.63 bits per heavy atom. The van der Waals surface area contributed by atoms with Crippen molar-refractivity contribution in [1.29, 1.82) is 0 Å². The van der Waals surface area contributed by atoms with Gasteiger partial charge < -0.3 is 15.5 Å². The molecule has 0 spiro atoms. The second kappa shape index (κ2) is 6.03. The van der Waals surface area contributed by atoms with E-state index in [1.165, 1.54) is 4.88 Å². The summed E-state index contributed by atoms with van der Waals surface area (Å²) in [5.41, 5.74) is -0.383. The van der Waals surface area contributed by atoms with Crippen molar-refractivity contribution in [3.8, 4) is 0 Å². The van der Waals surface area contributed by atoms with Gasteiger partial charge in [-0.05, 0) is 51.9 Å². The van der Waals surface area contributed by atoms with Gasteiger partial charge in [-0.1, -0.05) is 6.07 Å². The van der Waals surface area contributed by atoms with E-state index in [4.69, 9.17) is 0 Å². The van der Waals surface area contributed by atoms with Crippen molar-refractivity contribution in [3.05, 3.63) is 22.4 Å². The van der Waals surface area contributed by atoms with E-state index in [1.54, 1.807) is 11.3 Å². The van der Waals surface area contributed by atoms with Gasteiger partial charge >= 0.3 is 0 Å². The van der Waals surface area contributed by atoms with Crippen LogP contribution >= 0.6 is 11.3 Å². The van der Waals surface area contributed by atoms with Crippen LogP contribution < -0.4 is 10.6 Å². The van der Waals surface area contributed by atoms with Crippen LogP contribution in [0.5, 0.6) is 0 Å². The van der Waals surface area contributed by atoms with Crippen molar-refractivity contribution in [3.63, 3.8) is 0 Å². The lowest BCUT2D eigenvalue weighted by Crippen LogP contribution is -2.52. The molecule has 1 aliphatic rings. The van der Waals surface area contributed by atoms with Gasteiger partial charge in [0.05, 0.1) is 11.6 Å². The fraction of sp³-hybridized carbons (Fsp3) is 0.643. The first-order valence-corrected chi connectivity index (χ1v) is 7.64. The minimum atomic E-state index is -0.383. The lowest BCUT2D eigenvalue weighted by Gasteiger charge is -2.27. The van der Waals surface area contributed by atoms with Gasteiger partial charge in [-0.25, -0.2) is 0 Å². The summed E-state index contributed by atoms with van der Waals surface area (Å²) in [6.45, 7) is 3.58. The third-order valence-corrected chi connectivity index (χ3v) is 4.79. The normalized spacial score (nSPS) is 24.6. The van der Waals surface area contributed by atoms with Crippen molar-refractivity contribution in [2.24, 2.45) is 0 Å². The molecular weight excluding hydrogens is 258 g/mol. The molecule has 19 heavy (non-hydrogen) atoms. The molecule has 0 aliphatic carbocycles. The Hall–Kier alpha value is -0.910. The first-order valence-electron chi connectivity index (χ1n) is 6.76. The van der Waals surface area contributed by atoms with Gasteiger partial charge in [0.25, 0.3) is 0 Å². The molecule has 0 bridgehead atoms. The predicted molar refractivity (Wildman–Crippen MR) is 79.4 cm³/mol. The molecule has 1 aromatic rings. The number of nitrogens with zero attached hydrogens (tertiary/aromatic N) is 1. The highest BCUT2D eigenvalue weighted by Crippen LogP contribution is 2.23. The number of hydrogen-bond acceptors (Lipinski definition) is 4. The monoisotopic (exact) mass is 281 g/mol. The highest BCUT2D eigenvalue weighted by molar-refractivity contribution is 7.10. The van der Waals surface area contributed by atoms with Crippen molar-refractivity contribution >= 4 is 17.2 Å². The van der Waals surface area contributed by atoms with Crippen LogP contribution in [0.4, 0.5) is 0 Å². The lowest BCUT2D eigenvalue weighted by atomic mass is 9.99. The fourth-order valence-corrected chi connectivity index (χ4v) is 3.41. The largest absolute Gasteiger partial charge is 0.353 e. The maximum Gasteiger partial charge on any atom is 0.240 e. The topological polar surface area (TPSA) is 44.4 Å². The minimum absolute atomic E-state index is 0.119. The van der Waals surface area contributed by atoms with E-state index in [2.05, 4.69) is 33.0 Å². The molecule has 5 heteroatoms. The Balaban J connectivity index is 1.94. The number of carbonyl (C=O) groups excluding carboxylic acids is 1. The molecule has 2 heterocycles. The number of hydrogen-bond donors (Lipinski definition) is 2. The van der Waals surface area contributed by atoms with Gasteiger partial charge in [0.1, 0.15) is 0 Å². The van der Waals surface area contributed by atoms with Crippen molar-refractivity contribution in [2.45, 2.75) is 31.3 Å². The Morgan fingerprint density at radius 2 is 2.42 bits per heavy atom. The van der Waals surface area contributed by atoms with E-state index in [0.717, 1.165) is 19.4 Å². The van der Waals surface area contributed by atoms with Gasteiger partial charge in [-0.15, -0.1) is 11.3 Å². The zero-order chi connectivity index (χ0) is 13.9. The van der Waals surface area contributed by atoms with Gasteiger partial charge in [-0.3, -0.25) is 4.79 Å². The SMILES string of the molecule is CN(C)C(CNC(=O)C1(C)CCCN1)c1cccs1. The first-order chi connectivity index (χ1) is 9.03. The molecule has 0 aromatic carbocycles. The minimum Gasteiger partial charge on any atom is -0.353 e. The van der Waals surface area contributed by atoms with Crippen molar-refractivity contribution in [1.82, 2.24) is 15.5 Å². The molecule has 1 aromatic heterocycles. The maximum absolute atomic E-state index is 12.3. The third-order valence-electron chi connectivity index (χ3n) is 3.82. The van der Waals surface area contributed by atoms with Crippen LogP contribution in [-0.2, 0) is 4.79 Å². The van der Waals surface area contributed by atoms with Crippen LogP contribution in [0.15, 0.2) is 17.5 Å². The number of nitrogens with one attached hydrogen (secondary N) is 2. The summed E-state index contributed by atoms with van der Waals surface area (Å²) in [5.74, 6) is 0.119. The fourth-order valence-electron chi connectivity index (χ4n) is 2.49. The summed E-state index contributed by atoms with van der Waals surface area (Å²) >= 11 is 1.73. The molecule has 1 amide bonds. The summed E-state index contributed by atoms with van der Waals surface area (Å²) in [6.07, 6.45) is 2.00. The number of carbonyl (C=O) groups is 1. The van der Waals surface area contributed by atoms with Crippen molar-refractivity contribution in [2.75, 3.05) is 27.2 Å². The smallest absolute Gasteiger partial charge is 0.240 e. The number of likely N-dealkylation sites (N-methyl/N-ethyl adjacent to an activating group) is 1. The lowest BCUT2D eigenvalue weighted by molar-refractivity contribution is -0.126. The summed E-state index contributed by atoms with van der Waals surface area (Å²) in [7, 11) is 4.10. The highest BCUT2D eigenvalue weighted by Gasteiger charge is 2.36. The molecule has 1 aliphatic heterocycles. The molecule has 2 unspecified atom stereocenters. The Labute approximate surface area is 119 Å². The maximum atomic E-state index is 12.3. The first kappa shape index (κ1) is 14.5. The molecule has 0 radical (unpaired) electrons. The second-order valence-corrected chi connectivity index (χ2v) is 6.55. The second-order valence-electron chi connectivity index (χ2n) is 5.57. The zero-order valence-electron chi connectivity index (χ0n) is 11.9. The van der Waals surface area contributed by atoms with Crippen LogP contribution in [0.2, 0.25) is 0 Å². The molecule has 106 valence electrons. The summed E-state index contributed by atoms with van der Waals surface area (Å²) in [4.78, 5) is 15.7. The molecule has 1 fully saturated rings. The van der Waals surface area contributed by atoms with Crippen LogP contribution in [-0.4, -0.2) is 43.5 Å². The van der Waals surface area contributed by atoms with Crippen molar-refractivity contribution < 1.29 is 4.79 Å². The molecule has 2 rings (SSSR count). The molecule has 1 saturated heterocycles. The van der Waals surface area contributed by atoms with Crippen LogP contribution in [0.25, 0.3) is 0 Å². The Bertz CT molecular complexity index is 410. The summed E-state index contributed by atoms with van der Waals surface area (Å²) < 4.78 is 0. The molecule has 4 nitrogen and oxygen atoms in total. The summed E-state index contributed by atoms with van der Waals surface area (Å²) in [6, 6.07) is 4.42. The van der Waals surface area contributed by atoms with Crippen LogP contribution in [0.3, 0.4) is 0 Å². The molecule has 2 atom stereocenters. The van der Waals surface area contributed by atoms with Gasteiger partial charge in [0.2, 0.25) is 5.91 Å². The average molecular weight is 281 g/mol. The standard InChI is InChI=1S/C14H23N3OS/c1-14(7-5-8-16-14)13(18)15-10-11(17(2)3)12-6-4-9-19-12/h4,6,9,11,16H,5,7-8,10H2,1-3H3,(H,15,18). The van der Waals surface area contributed by atoms with E-state index in [0.29, 0.717) is 6.54 Å². The van der Waals surface area contributed by atoms with Gasteiger partial charge in [-0.2, -0.15) is 0 Å². The van der Waals surface area contributed by atoms with E-state index >= 15 is 0 Å². The third kappa shape index (κ3) is 3.35. The Kier molecular flexibility index (Phi) is 4.60. The quantitative estimate of drug-likeness (QED) is 0.862. The average Bonchev–Trinajstić information content (AvgIpc) is 3.01. The number of amides is 1. The van der Waals surface area contributed by atoms with Gasteiger partial charge in [0, 0.05) is 11.4 Å². The zero-order valence-corrected chi connectivity index (χ0v) is 12.7. The number of thiophene rings is 1. The molecule has 2 N–H and O–H groups in total. The van der Waals surface area contributed by atoms with E-state index in [-0.39, 0.29) is 17.5 Å². The van der Waals surface area contributed by atoms with E-state index in [1.807, 2.05) is 21.0 Å². The summed E-state index contributed by atoms with van der Waals surface area (Å²) in [5, 5.41) is 8.47. The van der Waals surface area contributed by atoms with Crippen LogP contribution in [0, 0.1) is 0 Å².